The molecule has 0 spiro atoms. The first-order chi connectivity index (χ1) is 13.7. The van der Waals surface area contributed by atoms with E-state index in [4.69, 9.17) is 16.3 Å². The number of hydrogen-bond acceptors (Lipinski definition) is 5. The van der Waals surface area contributed by atoms with Crippen molar-refractivity contribution in [3.63, 3.8) is 0 Å². The van der Waals surface area contributed by atoms with Crippen LogP contribution in [0.2, 0.25) is 5.02 Å². The lowest BCUT2D eigenvalue weighted by Gasteiger charge is -2.36. The van der Waals surface area contributed by atoms with Crippen molar-refractivity contribution >= 4 is 33.4 Å². The molecule has 9 nitrogen and oxygen atoms in total. The number of rotatable bonds is 5. The Balaban J connectivity index is 1.89. The highest BCUT2D eigenvalue weighted by Gasteiger charge is 2.41. The molecule has 1 amide bonds. The Labute approximate surface area is 175 Å². The minimum absolute atomic E-state index is 0.251. The number of halogens is 1. The fraction of sp³-hybridized carbons (Fsp3) is 0.444. The Hall–Kier alpha value is -2.14. The van der Waals surface area contributed by atoms with E-state index < -0.39 is 28.2 Å². The molecular weight excluding hydrogens is 418 g/mol. The van der Waals surface area contributed by atoms with Gasteiger partial charge in [0.2, 0.25) is 5.91 Å². The maximum Gasteiger partial charge on any atom is 0.280 e. The van der Waals surface area contributed by atoms with Gasteiger partial charge in [-0.05, 0) is 38.5 Å². The summed E-state index contributed by atoms with van der Waals surface area (Å²) in [7, 11) is -1.00. The van der Waals surface area contributed by atoms with E-state index in [1.807, 2.05) is 20.0 Å². The SMILES string of the molecule is CCn1cc([C@@H]2C[C@@H](C(=O)Nc3cc(Cl)ccc3OC)N(C)S(=O)(=O)N2)c(C)n1. The van der Waals surface area contributed by atoms with Crippen LogP contribution in [0, 0.1) is 6.92 Å². The molecule has 0 aliphatic carbocycles. The molecule has 2 atom stereocenters. The second-order valence-corrected chi connectivity index (χ2v) is 9.00. The first-order valence-corrected chi connectivity index (χ1v) is 10.9. The number of carbonyl (C=O) groups excluding carboxylic acids is 1. The lowest BCUT2D eigenvalue weighted by Crippen LogP contribution is -2.56. The Morgan fingerprint density at radius 3 is 2.79 bits per heavy atom. The van der Waals surface area contributed by atoms with Crippen LogP contribution >= 0.6 is 11.6 Å². The van der Waals surface area contributed by atoms with Gasteiger partial charge < -0.3 is 10.1 Å². The van der Waals surface area contributed by atoms with Crippen molar-refractivity contribution in [2.75, 3.05) is 19.5 Å². The largest absolute Gasteiger partial charge is 0.495 e. The third-order valence-electron chi connectivity index (χ3n) is 4.97. The molecule has 1 aromatic heterocycles. The van der Waals surface area contributed by atoms with Crippen LogP contribution in [0.3, 0.4) is 0 Å². The standard InChI is InChI=1S/C18H24ClN5O4S/c1-5-24-10-13(11(2)21-24)14-9-16(23(3)29(26,27)22-14)18(25)20-15-8-12(19)6-7-17(15)28-4/h6-8,10,14,16,22H,5,9H2,1-4H3,(H,20,25)/t14-,16-/m0/s1. The summed E-state index contributed by atoms with van der Waals surface area (Å²) in [6, 6.07) is 3.35. The van der Waals surface area contributed by atoms with Gasteiger partial charge in [-0.2, -0.15) is 22.5 Å². The number of anilines is 1. The molecule has 2 heterocycles. The van der Waals surface area contributed by atoms with E-state index in [-0.39, 0.29) is 6.42 Å². The number of amides is 1. The maximum absolute atomic E-state index is 13.0. The number of benzene rings is 1. The molecular formula is C18H24ClN5O4S. The van der Waals surface area contributed by atoms with Gasteiger partial charge in [-0.15, -0.1) is 0 Å². The third-order valence-corrected chi connectivity index (χ3v) is 6.80. The molecule has 2 aromatic rings. The Kier molecular flexibility index (Phi) is 6.18. The Morgan fingerprint density at radius 2 is 2.17 bits per heavy atom. The molecule has 0 radical (unpaired) electrons. The van der Waals surface area contributed by atoms with Crippen molar-refractivity contribution in [3.8, 4) is 5.75 Å². The summed E-state index contributed by atoms with van der Waals surface area (Å²) in [6.07, 6.45) is 2.06. The van der Waals surface area contributed by atoms with Gasteiger partial charge in [-0.3, -0.25) is 9.48 Å². The van der Waals surface area contributed by atoms with Gasteiger partial charge in [0, 0.05) is 30.4 Å². The fourth-order valence-corrected chi connectivity index (χ4v) is 4.78. The number of aryl methyl sites for hydroxylation is 2. The van der Waals surface area contributed by atoms with Crippen molar-refractivity contribution in [2.24, 2.45) is 0 Å². The number of nitrogens with one attached hydrogen (secondary N) is 2. The lowest BCUT2D eigenvalue weighted by atomic mass is 10.00. The molecule has 1 saturated heterocycles. The average Bonchev–Trinajstić information content (AvgIpc) is 3.05. The molecule has 3 rings (SSSR count). The molecule has 0 saturated carbocycles. The third kappa shape index (κ3) is 4.40. The van der Waals surface area contributed by atoms with Crippen LogP contribution in [0.5, 0.6) is 5.75 Å². The van der Waals surface area contributed by atoms with Gasteiger partial charge in [0.15, 0.2) is 0 Å². The highest BCUT2D eigenvalue weighted by atomic mass is 35.5. The average molecular weight is 442 g/mol. The van der Waals surface area contributed by atoms with E-state index in [9.17, 15) is 13.2 Å². The summed E-state index contributed by atoms with van der Waals surface area (Å²) in [5, 5.41) is 7.54. The fourth-order valence-electron chi connectivity index (χ4n) is 3.34. The zero-order valence-corrected chi connectivity index (χ0v) is 18.2. The van der Waals surface area contributed by atoms with Gasteiger partial charge in [-0.1, -0.05) is 11.6 Å². The predicted molar refractivity (Wildman–Crippen MR) is 110 cm³/mol. The number of aromatic nitrogens is 2. The number of ether oxygens (including phenoxy) is 1. The van der Waals surface area contributed by atoms with Crippen LogP contribution in [-0.4, -0.2) is 48.6 Å². The Bertz CT molecular complexity index is 1020. The van der Waals surface area contributed by atoms with E-state index >= 15 is 0 Å². The van der Waals surface area contributed by atoms with Crippen LogP contribution in [0.4, 0.5) is 5.69 Å². The van der Waals surface area contributed by atoms with Crippen molar-refractivity contribution < 1.29 is 17.9 Å². The van der Waals surface area contributed by atoms with Gasteiger partial charge >= 0.3 is 0 Å². The molecule has 1 aromatic carbocycles. The zero-order valence-electron chi connectivity index (χ0n) is 16.6. The van der Waals surface area contributed by atoms with Gasteiger partial charge in [0.25, 0.3) is 10.2 Å². The van der Waals surface area contributed by atoms with Crippen LogP contribution in [-0.2, 0) is 21.5 Å². The topological polar surface area (TPSA) is 106 Å². The minimum atomic E-state index is -3.86. The highest BCUT2D eigenvalue weighted by Crippen LogP contribution is 2.32. The quantitative estimate of drug-likeness (QED) is 0.739. The predicted octanol–water partition coefficient (Wildman–Crippen LogP) is 2.09. The van der Waals surface area contributed by atoms with Crippen LogP contribution in [0.25, 0.3) is 0 Å². The highest BCUT2D eigenvalue weighted by molar-refractivity contribution is 7.87. The van der Waals surface area contributed by atoms with Gasteiger partial charge in [0.1, 0.15) is 11.8 Å². The molecule has 1 aliphatic rings. The number of carbonyl (C=O) groups is 1. The smallest absolute Gasteiger partial charge is 0.280 e. The molecule has 1 fully saturated rings. The van der Waals surface area contributed by atoms with Crippen molar-refractivity contribution in [1.29, 1.82) is 0 Å². The summed E-state index contributed by atoms with van der Waals surface area (Å²) in [5.74, 6) is -0.0394. The minimum Gasteiger partial charge on any atom is -0.495 e. The molecule has 1 aliphatic heterocycles. The van der Waals surface area contributed by atoms with Crippen LogP contribution < -0.4 is 14.8 Å². The second-order valence-electron chi connectivity index (χ2n) is 6.80. The van der Waals surface area contributed by atoms with Crippen LogP contribution in [0.15, 0.2) is 24.4 Å². The van der Waals surface area contributed by atoms with E-state index in [2.05, 4.69) is 15.1 Å². The summed E-state index contributed by atoms with van der Waals surface area (Å²) < 4.78 is 36.0. The molecule has 29 heavy (non-hydrogen) atoms. The lowest BCUT2D eigenvalue weighted by molar-refractivity contribution is -0.120. The molecule has 0 bridgehead atoms. The molecule has 11 heteroatoms. The number of methoxy groups -OCH3 is 1. The molecule has 0 unspecified atom stereocenters. The monoisotopic (exact) mass is 441 g/mol. The van der Waals surface area contributed by atoms with Crippen molar-refractivity contribution in [2.45, 2.75) is 38.9 Å². The van der Waals surface area contributed by atoms with Crippen molar-refractivity contribution in [3.05, 3.63) is 40.7 Å². The normalized spacial score (nSPS) is 21.7. The van der Waals surface area contributed by atoms with E-state index in [1.54, 1.807) is 22.9 Å². The first kappa shape index (κ1) is 21.6. The van der Waals surface area contributed by atoms with Crippen molar-refractivity contribution in [1.82, 2.24) is 18.8 Å². The summed E-state index contributed by atoms with van der Waals surface area (Å²) in [6.45, 7) is 4.43. The zero-order chi connectivity index (χ0) is 21.3. The number of hydrogen-bond donors (Lipinski definition) is 2. The summed E-state index contributed by atoms with van der Waals surface area (Å²) in [4.78, 5) is 13.0. The maximum atomic E-state index is 13.0. The van der Waals surface area contributed by atoms with Gasteiger partial charge in [-0.25, -0.2) is 0 Å². The Morgan fingerprint density at radius 1 is 1.45 bits per heavy atom. The van der Waals surface area contributed by atoms with Crippen LogP contribution in [0.1, 0.15) is 30.6 Å². The van der Waals surface area contributed by atoms with Gasteiger partial charge in [0.05, 0.1) is 24.5 Å². The second kappa shape index (κ2) is 8.31. The van der Waals surface area contributed by atoms with E-state index in [0.29, 0.717) is 23.0 Å². The van der Waals surface area contributed by atoms with E-state index in [0.717, 1.165) is 15.6 Å². The summed E-state index contributed by atoms with van der Waals surface area (Å²) >= 11 is 6.02. The first-order valence-electron chi connectivity index (χ1n) is 9.10. The summed E-state index contributed by atoms with van der Waals surface area (Å²) in [5.41, 5.74) is 1.85. The number of nitrogens with zero attached hydrogens (tertiary/aromatic N) is 3. The molecule has 158 valence electrons. The molecule has 2 N–H and O–H groups in total. The number of likely N-dealkylation sites (N-methyl/N-ethyl adjacent to an activating group) is 1. The van der Waals surface area contributed by atoms with E-state index in [1.165, 1.54) is 14.2 Å².